The van der Waals surface area contributed by atoms with Crippen LogP contribution in [-0.4, -0.2) is 85.2 Å². The molecule has 2 aliphatic heterocycles. The number of ether oxygens (including phenoxy) is 2. The molecule has 2 aromatic rings. The molecule has 1 fully saturated rings. The van der Waals surface area contributed by atoms with Gasteiger partial charge in [0, 0.05) is 50.2 Å². The summed E-state index contributed by atoms with van der Waals surface area (Å²) in [5.41, 5.74) is 2.50. The summed E-state index contributed by atoms with van der Waals surface area (Å²) in [6, 6.07) is 15.5. The molecule has 2 atom stereocenters. The van der Waals surface area contributed by atoms with Crippen molar-refractivity contribution in [3.05, 3.63) is 71.4 Å². The summed E-state index contributed by atoms with van der Waals surface area (Å²) in [7, 11) is 1.58. The van der Waals surface area contributed by atoms with E-state index in [0.29, 0.717) is 49.7 Å². The van der Waals surface area contributed by atoms with Gasteiger partial charge < -0.3 is 25.0 Å². The maximum absolute atomic E-state index is 13.4. The van der Waals surface area contributed by atoms with E-state index in [1.54, 1.807) is 18.9 Å². The smallest absolute Gasteiger partial charge is 0.338 e. The van der Waals surface area contributed by atoms with Crippen LogP contribution in [-0.2, 0) is 9.53 Å². The minimum absolute atomic E-state index is 0.0734. The average Bonchev–Trinajstić information content (AvgIpc) is 2.93. The summed E-state index contributed by atoms with van der Waals surface area (Å²) in [5.74, 6) is 0.163. The number of rotatable bonds is 8. The third kappa shape index (κ3) is 6.34. The Morgan fingerprint density at radius 2 is 1.85 bits per heavy atom. The largest absolute Gasteiger partial charge is 0.497 e. The number of nitrogens with one attached hydrogen (secondary N) is 2. The molecule has 0 bridgehead atoms. The van der Waals surface area contributed by atoms with E-state index in [4.69, 9.17) is 9.47 Å². The van der Waals surface area contributed by atoms with Crippen LogP contribution in [0.2, 0.25) is 0 Å². The minimum Gasteiger partial charge on any atom is -0.497 e. The molecule has 10 heteroatoms. The van der Waals surface area contributed by atoms with Crippen molar-refractivity contribution < 1.29 is 23.9 Å². The van der Waals surface area contributed by atoms with Gasteiger partial charge in [0.25, 0.3) is 0 Å². The standard InChI is InChI=1S/C29H37N5O5/c1-5-33-24(19-32-15-16-34(20(3)18-32)28(36)30-22-12-8-7-9-13-22)25(27(35)39-6-2)26(31-29(33)37)21-11-10-14-23(17-21)38-4/h7-14,17,20,26H,5-6,15-16,18-19H2,1-4H3,(H,30,36)(H,31,37). The van der Waals surface area contributed by atoms with E-state index in [1.807, 2.05) is 73.3 Å². The van der Waals surface area contributed by atoms with E-state index in [-0.39, 0.29) is 24.7 Å². The zero-order valence-electron chi connectivity index (χ0n) is 23.0. The highest BCUT2D eigenvalue weighted by molar-refractivity contribution is 5.95. The number of likely N-dealkylation sites (N-methyl/N-ethyl adjacent to an activating group) is 1. The normalized spacial score (nSPS) is 19.9. The zero-order valence-corrected chi connectivity index (χ0v) is 23.0. The van der Waals surface area contributed by atoms with Crippen LogP contribution in [0.3, 0.4) is 0 Å². The van der Waals surface area contributed by atoms with Crippen LogP contribution >= 0.6 is 0 Å². The number of para-hydroxylation sites is 1. The van der Waals surface area contributed by atoms with Gasteiger partial charge >= 0.3 is 18.0 Å². The molecule has 2 aromatic carbocycles. The second-order valence-electron chi connectivity index (χ2n) is 9.56. The minimum atomic E-state index is -0.681. The zero-order chi connectivity index (χ0) is 27.9. The summed E-state index contributed by atoms with van der Waals surface area (Å²) in [5, 5.41) is 5.94. The van der Waals surface area contributed by atoms with Gasteiger partial charge in [-0.25, -0.2) is 14.4 Å². The molecule has 1 saturated heterocycles. The van der Waals surface area contributed by atoms with Gasteiger partial charge in [0.05, 0.1) is 25.3 Å². The van der Waals surface area contributed by atoms with Crippen LogP contribution in [0.15, 0.2) is 65.9 Å². The Balaban J connectivity index is 1.60. The number of methoxy groups -OCH3 is 1. The molecule has 2 heterocycles. The van der Waals surface area contributed by atoms with Crippen LogP contribution in [0.5, 0.6) is 5.75 Å². The van der Waals surface area contributed by atoms with E-state index < -0.39 is 12.0 Å². The summed E-state index contributed by atoms with van der Waals surface area (Å²) < 4.78 is 10.9. The van der Waals surface area contributed by atoms with Crippen molar-refractivity contribution in [1.29, 1.82) is 0 Å². The second-order valence-corrected chi connectivity index (χ2v) is 9.56. The highest BCUT2D eigenvalue weighted by Crippen LogP contribution is 2.33. The van der Waals surface area contributed by atoms with Gasteiger partial charge in [-0.05, 0) is 50.6 Å². The molecular weight excluding hydrogens is 498 g/mol. The van der Waals surface area contributed by atoms with Crippen LogP contribution in [0.4, 0.5) is 15.3 Å². The highest BCUT2D eigenvalue weighted by Gasteiger charge is 2.39. The number of amides is 4. The number of hydrogen-bond donors (Lipinski definition) is 2. The molecule has 2 unspecified atom stereocenters. The van der Waals surface area contributed by atoms with Crippen LogP contribution in [0.1, 0.15) is 32.4 Å². The van der Waals surface area contributed by atoms with Gasteiger partial charge in [0.2, 0.25) is 0 Å². The number of carbonyl (C=O) groups excluding carboxylic acids is 3. The van der Waals surface area contributed by atoms with Gasteiger partial charge in [0.15, 0.2) is 0 Å². The summed E-state index contributed by atoms with van der Waals surface area (Å²) in [6.07, 6.45) is 0. The molecule has 2 aliphatic rings. The summed E-state index contributed by atoms with van der Waals surface area (Å²) in [4.78, 5) is 45.1. The molecular formula is C29H37N5O5. The van der Waals surface area contributed by atoms with Gasteiger partial charge in [-0.1, -0.05) is 30.3 Å². The van der Waals surface area contributed by atoms with Crippen molar-refractivity contribution in [1.82, 2.24) is 20.0 Å². The average molecular weight is 536 g/mol. The van der Waals surface area contributed by atoms with Gasteiger partial charge in [-0.3, -0.25) is 9.80 Å². The second kappa shape index (κ2) is 12.7. The Hall–Kier alpha value is -4.05. The molecule has 2 N–H and O–H groups in total. The number of benzene rings is 2. The molecule has 0 saturated carbocycles. The molecule has 0 aliphatic carbocycles. The Labute approximate surface area is 229 Å². The third-order valence-corrected chi connectivity index (χ3v) is 7.05. The predicted molar refractivity (Wildman–Crippen MR) is 148 cm³/mol. The molecule has 0 radical (unpaired) electrons. The first-order chi connectivity index (χ1) is 18.9. The quantitative estimate of drug-likeness (QED) is 0.498. The number of piperazine rings is 1. The van der Waals surface area contributed by atoms with Crippen LogP contribution in [0.25, 0.3) is 0 Å². The van der Waals surface area contributed by atoms with E-state index in [1.165, 1.54) is 0 Å². The number of nitrogens with zero attached hydrogens (tertiary/aromatic N) is 3. The van der Waals surface area contributed by atoms with Crippen molar-refractivity contribution in [3.63, 3.8) is 0 Å². The fourth-order valence-corrected chi connectivity index (χ4v) is 5.14. The van der Waals surface area contributed by atoms with Gasteiger partial charge in [-0.2, -0.15) is 0 Å². The third-order valence-electron chi connectivity index (χ3n) is 7.05. The number of hydrogen-bond acceptors (Lipinski definition) is 6. The Morgan fingerprint density at radius 1 is 1.08 bits per heavy atom. The number of carbonyl (C=O) groups is 3. The topological polar surface area (TPSA) is 103 Å². The first-order valence-electron chi connectivity index (χ1n) is 13.3. The lowest BCUT2D eigenvalue weighted by molar-refractivity contribution is -0.139. The number of anilines is 1. The lowest BCUT2D eigenvalue weighted by atomic mass is 9.93. The lowest BCUT2D eigenvalue weighted by Gasteiger charge is -2.42. The van der Waals surface area contributed by atoms with Crippen molar-refractivity contribution >= 4 is 23.7 Å². The van der Waals surface area contributed by atoms with E-state index in [0.717, 1.165) is 11.3 Å². The van der Waals surface area contributed by atoms with Crippen LogP contribution < -0.4 is 15.4 Å². The monoisotopic (exact) mass is 535 g/mol. The fourth-order valence-electron chi connectivity index (χ4n) is 5.14. The lowest BCUT2D eigenvalue weighted by Crippen LogP contribution is -2.57. The SMILES string of the molecule is CCOC(=O)C1=C(CN2CCN(C(=O)Nc3ccccc3)C(C)C2)N(CC)C(=O)NC1c1cccc(OC)c1. The summed E-state index contributed by atoms with van der Waals surface area (Å²) >= 11 is 0. The maximum atomic E-state index is 13.4. The molecule has 0 spiro atoms. The molecule has 4 rings (SSSR count). The van der Waals surface area contributed by atoms with Crippen molar-refractivity contribution in [2.24, 2.45) is 0 Å². The number of esters is 1. The van der Waals surface area contributed by atoms with E-state index in [2.05, 4.69) is 15.5 Å². The maximum Gasteiger partial charge on any atom is 0.338 e. The van der Waals surface area contributed by atoms with Gasteiger partial charge in [-0.15, -0.1) is 0 Å². The fraction of sp³-hybridized carbons (Fsp3) is 0.414. The van der Waals surface area contributed by atoms with Crippen LogP contribution in [0, 0.1) is 0 Å². The van der Waals surface area contributed by atoms with E-state index in [9.17, 15) is 14.4 Å². The van der Waals surface area contributed by atoms with Crippen molar-refractivity contribution in [2.75, 3.05) is 51.8 Å². The molecule has 39 heavy (non-hydrogen) atoms. The first-order valence-corrected chi connectivity index (χ1v) is 13.3. The molecule has 208 valence electrons. The Morgan fingerprint density at radius 3 is 2.51 bits per heavy atom. The molecule has 4 amide bonds. The Bertz CT molecular complexity index is 1220. The Kier molecular flexibility index (Phi) is 9.08. The molecule has 0 aromatic heterocycles. The first kappa shape index (κ1) is 28.0. The molecule has 10 nitrogen and oxygen atoms in total. The number of urea groups is 2. The van der Waals surface area contributed by atoms with Crippen molar-refractivity contribution in [2.45, 2.75) is 32.9 Å². The highest BCUT2D eigenvalue weighted by atomic mass is 16.5. The van der Waals surface area contributed by atoms with E-state index >= 15 is 0 Å². The summed E-state index contributed by atoms with van der Waals surface area (Å²) in [6.45, 7) is 8.31. The van der Waals surface area contributed by atoms with Gasteiger partial charge in [0.1, 0.15) is 5.75 Å². The predicted octanol–water partition coefficient (Wildman–Crippen LogP) is 3.84. The van der Waals surface area contributed by atoms with Crippen molar-refractivity contribution in [3.8, 4) is 5.75 Å².